The first kappa shape index (κ1) is 23.2. The van der Waals surface area contributed by atoms with Crippen LogP contribution in [0.1, 0.15) is 32.1 Å². The van der Waals surface area contributed by atoms with Crippen LogP contribution in [0.3, 0.4) is 0 Å². The molecule has 1 aromatic carbocycles. The molecule has 176 valence electrons. The van der Waals surface area contributed by atoms with E-state index in [1.54, 1.807) is 13.4 Å². The highest BCUT2D eigenvalue weighted by molar-refractivity contribution is 5.66. The van der Waals surface area contributed by atoms with E-state index in [0.717, 1.165) is 22.8 Å². The number of nitrogens with one attached hydrogen (secondary N) is 1. The minimum atomic E-state index is -0.571. The number of nitrogens with zero attached hydrogens (tertiary/aromatic N) is 5. The number of rotatable bonds is 9. The molecule has 0 aliphatic heterocycles. The van der Waals surface area contributed by atoms with E-state index in [9.17, 15) is 5.11 Å². The maximum atomic E-state index is 9.96. The molecule has 4 rings (SSSR count). The Labute approximate surface area is 195 Å². The highest BCUT2D eigenvalue weighted by Crippen LogP contribution is 2.30. The Morgan fingerprint density at radius 3 is 2.76 bits per heavy atom. The molecule has 1 fully saturated rings. The van der Waals surface area contributed by atoms with Gasteiger partial charge in [0.15, 0.2) is 5.82 Å². The highest BCUT2D eigenvalue weighted by Gasteiger charge is 2.21. The molecule has 1 saturated carbocycles. The average Bonchev–Trinajstić information content (AvgIpc) is 3.29. The third kappa shape index (κ3) is 5.69. The van der Waals surface area contributed by atoms with Gasteiger partial charge in [-0.3, -0.25) is 0 Å². The van der Waals surface area contributed by atoms with E-state index in [1.807, 2.05) is 42.1 Å². The van der Waals surface area contributed by atoms with E-state index in [1.165, 1.54) is 32.1 Å². The van der Waals surface area contributed by atoms with Crippen molar-refractivity contribution in [3.63, 3.8) is 0 Å². The van der Waals surface area contributed by atoms with Gasteiger partial charge in [0.25, 0.3) is 0 Å². The van der Waals surface area contributed by atoms with Crippen LogP contribution in [-0.2, 0) is 7.05 Å². The number of anilines is 1. The summed E-state index contributed by atoms with van der Waals surface area (Å²) in [7, 11) is 5.91. The van der Waals surface area contributed by atoms with Crippen molar-refractivity contribution in [2.45, 2.75) is 44.2 Å². The molecule has 1 aliphatic carbocycles. The number of hydrogen-bond acceptors (Lipinski definition) is 7. The van der Waals surface area contributed by atoms with Gasteiger partial charge >= 0.3 is 0 Å². The monoisotopic (exact) mass is 450 g/mol. The molecule has 0 bridgehead atoms. The summed E-state index contributed by atoms with van der Waals surface area (Å²) in [6, 6.07) is 10.3. The first-order valence-corrected chi connectivity index (χ1v) is 11.7. The van der Waals surface area contributed by atoms with Crippen LogP contribution in [0.25, 0.3) is 22.8 Å². The number of ether oxygens (including phenoxy) is 1. The summed E-state index contributed by atoms with van der Waals surface area (Å²) in [5.74, 6) is 2.24. The molecule has 8 heteroatoms. The number of aliphatic hydroxyl groups excluding tert-OH is 1. The molecular weight excluding hydrogens is 416 g/mol. The molecule has 8 nitrogen and oxygen atoms in total. The summed E-state index contributed by atoms with van der Waals surface area (Å²) < 4.78 is 7.78. The summed E-state index contributed by atoms with van der Waals surface area (Å²) >= 11 is 0. The Hall–Kier alpha value is -2.97. The normalized spacial score (nSPS) is 15.4. The summed E-state index contributed by atoms with van der Waals surface area (Å²) in [6.07, 6.45) is 9.27. The van der Waals surface area contributed by atoms with Gasteiger partial charge in [-0.15, -0.1) is 0 Å². The second-order valence-electron chi connectivity index (χ2n) is 8.78. The van der Waals surface area contributed by atoms with Gasteiger partial charge in [-0.25, -0.2) is 15.0 Å². The lowest BCUT2D eigenvalue weighted by Crippen LogP contribution is -2.34. The zero-order valence-corrected chi connectivity index (χ0v) is 19.7. The SMILES string of the molecule is CNCC(O)COc1cccc(-c2nc(-c3cncn3C)cc(N(C)C3CCCCC3)n2)c1. The predicted octanol–water partition coefficient (Wildman–Crippen LogP) is 3.27. The van der Waals surface area contributed by atoms with Crippen LogP contribution < -0.4 is 15.0 Å². The fraction of sp³-hybridized carbons (Fsp3) is 0.480. The smallest absolute Gasteiger partial charge is 0.162 e. The van der Waals surface area contributed by atoms with E-state index in [4.69, 9.17) is 14.7 Å². The number of imidazole rings is 1. The lowest BCUT2D eigenvalue weighted by atomic mass is 9.94. The first-order chi connectivity index (χ1) is 16.0. The lowest BCUT2D eigenvalue weighted by Gasteiger charge is -2.32. The Balaban J connectivity index is 1.67. The van der Waals surface area contributed by atoms with Crippen molar-refractivity contribution in [3.05, 3.63) is 42.9 Å². The van der Waals surface area contributed by atoms with Gasteiger partial charge in [0.2, 0.25) is 0 Å². The van der Waals surface area contributed by atoms with E-state index in [2.05, 4.69) is 28.3 Å². The molecule has 0 amide bonds. The topological polar surface area (TPSA) is 88.3 Å². The maximum Gasteiger partial charge on any atom is 0.162 e. The molecule has 0 saturated heterocycles. The average molecular weight is 451 g/mol. The predicted molar refractivity (Wildman–Crippen MR) is 130 cm³/mol. The fourth-order valence-electron chi connectivity index (χ4n) is 4.35. The van der Waals surface area contributed by atoms with Crippen molar-refractivity contribution >= 4 is 5.82 Å². The number of benzene rings is 1. The van der Waals surface area contributed by atoms with Crippen molar-refractivity contribution in [1.29, 1.82) is 0 Å². The fourth-order valence-corrected chi connectivity index (χ4v) is 4.35. The second-order valence-corrected chi connectivity index (χ2v) is 8.78. The molecule has 2 N–H and O–H groups in total. The quantitative estimate of drug-likeness (QED) is 0.517. The minimum absolute atomic E-state index is 0.218. The summed E-state index contributed by atoms with van der Waals surface area (Å²) in [5, 5.41) is 12.9. The molecule has 0 spiro atoms. The van der Waals surface area contributed by atoms with E-state index in [-0.39, 0.29) is 6.61 Å². The van der Waals surface area contributed by atoms with Crippen molar-refractivity contribution < 1.29 is 9.84 Å². The number of aliphatic hydroxyl groups is 1. The standard InChI is InChI=1S/C25H34N6O2/c1-26-14-20(32)16-33-21-11-7-8-18(12-21)25-28-22(23-15-27-17-30(23)2)13-24(29-25)31(3)19-9-5-4-6-10-19/h7-8,11-13,15,17,19-20,26,32H,4-6,9-10,14,16H2,1-3H3. The molecular formula is C25H34N6O2. The summed E-state index contributed by atoms with van der Waals surface area (Å²) in [4.78, 5) is 16.4. The van der Waals surface area contributed by atoms with Gasteiger partial charge in [-0.1, -0.05) is 31.4 Å². The highest BCUT2D eigenvalue weighted by atomic mass is 16.5. The third-order valence-corrected chi connectivity index (χ3v) is 6.25. The minimum Gasteiger partial charge on any atom is -0.491 e. The Kier molecular flexibility index (Phi) is 7.57. The lowest BCUT2D eigenvalue weighted by molar-refractivity contribution is 0.108. The number of aryl methyl sites for hydroxylation is 1. The molecule has 3 aromatic rings. The number of aromatic nitrogens is 4. The van der Waals surface area contributed by atoms with Gasteiger partial charge in [-0.2, -0.15) is 0 Å². The van der Waals surface area contributed by atoms with Crippen LogP contribution in [0, 0.1) is 0 Å². The molecule has 2 heterocycles. The van der Waals surface area contributed by atoms with Crippen LogP contribution in [-0.4, -0.2) is 64.0 Å². The van der Waals surface area contributed by atoms with Crippen molar-refractivity contribution in [2.24, 2.45) is 7.05 Å². The zero-order valence-electron chi connectivity index (χ0n) is 19.7. The Morgan fingerprint density at radius 2 is 2.03 bits per heavy atom. The molecule has 0 radical (unpaired) electrons. The van der Waals surface area contributed by atoms with Gasteiger partial charge in [0.1, 0.15) is 24.3 Å². The van der Waals surface area contributed by atoms with Crippen LogP contribution in [0.15, 0.2) is 42.9 Å². The Morgan fingerprint density at radius 1 is 1.21 bits per heavy atom. The third-order valence-electron chi connectivity index (χ3n) is 6.25. The molecule has 33 heavy (non-hydrogen) atoms. The summed E-state index contributed by atoms with van der Waals surface area (Å²) in [6.45, 7) is 0.697. The van der Waals surface area contributed by atoms with E-state index < -0.39 is 6.10 Å². The van der Waals surface area contributed by atoms with Gasteiger partial charge in [0, 0.05) is 38.3 Å². The number of hydrogen-bond donors (Lipinski definition) is 2. The van der Waals surface area contributed by atoms with E-state index in [0.29, 0.717) is 24.2 Å². The molecule has 1 unspecified atom stereocenters. The van der Waals surface area contributed by atoms with Crippen LogP contribution in [0.4, 0.5) is 5.82 Å². The summed E-state index contributed by atoms with van der Waals surface area (Å²) in [5.41, 5.74) is 2.66. The van der Waals surface area contributed by atoms with Crippen molar-refractivity contribution in [1.82, 2.24) is 24.8 Å². The van der Waals surface area contributed by atoms with E-state index >= 15 is 0 Å². The maximum absolute atomic E-state index is 9.96. The zero-order chi connectivity index (χ0) is 23.2. The molecule has 2 aromatic heterocycles. The van der Waals surface area contributed by atoms with Gasteiger partial charge in [-0.05, 0) is 32.0 Å². The van der Waals surface area contributed by atoms with Gasteiger partial charge < -0.3 is 24.6 Å². The van der Waals surface area contributed by atoms with Crippen molar-refractivity contribution in [3.8, 4) is 28.5 Å². The largest absolute Gasteiger partial charge is 0.491 e. The first-order valence-electron chi connectivity index (χ1n) is 11.7. The molecule has 1 aliphatic rings. The van der Waals surface area contributed by atoms with Crippen molar-refractivity contribution in [2.75, 3.05) is 32.1 Å². The van der Waals surface area contributed by atoms with Crippen LogP contribution in [0.5, 0.6) is 5.75 Å². The molecule has 1 atom stereocenters. The Bertz CT molecular complexity index is 1050. The number of likely N-dealkylation sites (N-methyl/N-ethyl adjacent to an activating group) is 1. The van der Waals surface area contributed by atoms with Crippen LogP contribution in [0.2, 0.25) is 0 Å². The second kappa shape index (κ2) is 10.8. The van der Waals surface area contributed by atoms with Gasteiger partial charge in [0.05, 0.1) is 23.9 Å². The van der Waals surface area contributed by atoms with Crippen LogP contribution >= 0.6 is 0 Å².